The first-order valence-electron chi connectivity index (χ1n) is 15.2. The molecule has 198 valence electrons. The molecular formula is C38H46. The zero-order valence-electron chi connectivity index (χ0n) is 23.2. The van der Waals surface area contributed by atoms with Crippen LogP contribution in [0.1, 0.15) is 103 Å². The predicted molar refractivity (Wildman–Crippen MR) is 164 cm³/mol. The van der Waals surface area contributed by atoms with E-state index in [0.717, 1.165) is 36.5 Å². The Morgan fingerprint density at radius 1 is 0.579 bits per heavy atom. The second-order valence-corrected chi connectivity index (χ2v) is 12.0. The van der Waals surface area contributed by atoms with Gasteiger partial charge >= 0.3 is 0 Å². The van der Waals surface area contributed by atoms with Gasteiger partial charge in [-0.3, -0.25) is 0 Å². The normalized spacial score (nSPS) is 24.4. The lowest BCUT2D eigenvalue weighted by Gasteiger charge is -2.27. The average molecular weight is 503 g/mol. The first-order chi connectivity index (χ1) is 18.7. The second-order valence-electron chi connectivity index (χ2n) is 12.0. The lowest BCUT2D eigenvalue weighted by Crippen LogP contribution is -2.11. The summed E-state index contributed by atoms with van der Waals surface area (Å²) in [6, 6.07) is 30.4. The van der Waals surface area contributed by atoms with Gasteiger partial charge in [-0.1, -0.05) is 91.0 Å². The highest BCUT2D eigenvalue weighted by molar-refractivity contribution is 5.30. The highest BCUT2D eigenvalue weighted by Crippen LogP contribution is 2.38. The SMILES string of the molecule is C=CC1CCC(c2ccc(CCC(Cc3ccc(C4CCC(C=C)CC4)cc3)c3ccccc3)cc2)CC1. The van der Waals surface area contributed by atoms with Gasteiger partial charge in [0.1, 0.15) is 0 Å². The summed E-state index contributed by atoms with van der Waals surface area (Å²) in [4.78, 5) is 0. The summed E-state index contributed by atoms with van der Waals surface area (Å²) in [6.07, 6.45) is 18.1. The van der Waals surface area contributed by atoms with E-state index in [0.29, 0.717) is 5.92 Å². The van der Waals surface area contributed by atoms with Crippen LogP contribution in [0, 0.1) is 11.8 Å². The smallest absolute Gasteiger partial charge is 0.0118 e. The van der Waals surface area contributed by atoms with Crippen LogP contribution in [0.5, 0.6) is 0 Å². The Labute approximate surface area is 231 Å². The molecule has 2 aliphatic carbocycles. The predicted octanol–water partition coefficient (Wildman–Crippen LogP) is 10.6. The summed E-state index contributed by atoms with van der Waals surface area (Å²) in [6.45, 7) is 8.01. The molecule has 5 rings (SSSR count). The molecule has 0 saturated heterocycles. The number of hydrogen-bond acceptors (Lipinski definition) is 0. The Hall–Kier alpha value is -2.86. The van der Waals surface area contributed by atoms with Crippen molar-refractivity contribution in [3.05, 3.63) is 132 Å². The van der Waals surface area contributed by atoms with Gasteiger partial charge in [0.25, 0.3) is 0 Å². The topological polar surface area (TPSA) is 0 Å². The molecule has 2 fully saturated rings. The van der Waals surface area contributed by atoms with Crippen molar-refractivity contribution in [1.82, 2.24) is 0 Å². The standard InChI is InChI=1S/C38H46/c1-3-29-10-19-34(20-11-29)36-23-14-31(15-24-36)16-27-38(33-8-6-5-7-9-33)28-32-17-25-37(26-18-32)35-21-12-30(4-2)13-22-35/h3-9,14-15,17-18,23-26,29-30,34-35,38H,1-2,10-13,16,19-22,27-28H2. The van der Waals surface area contributed by atoms with Gasteiger partial charge in [0.15, 0.2) is 0 Å². The molecule has 38 heavy (non-hydrogen) atoms. The molecule has 3 aromatic carbocycles. The van der Waals surface area contributed by atoms with E-state index in [4.69, 9.17) is 0 Å². The summed E-state index contributed by atoms with van der Waals surface area (Å²) in [5.74, 6) is 3.46. The van der Waals surface area contributed by atoms with Crippen molar-refractivity contribution in [2.24, 2.45) is 11.8 Å². The van der Waals surface area contributed by atoms with E-state index in [2.05, 4.69) is 104 Å². The van der Waals surface area contributed by atoms with Gasteiger partial charge in [-0.2, -0.15) is 0 Å². The Bertz CT molecular complexity index is 1120. The van der Waals surface area contributed by atoms with Crippen LogP contribution >= 0.6 is 0 Å². The van der Waals surface area contributed by atoms with E-state index in [1.54, 1.807) is 0 Å². The van der Waals surface area contributed by atoms with Crippen molar-refractivity contribution >= 4 is 0 Å². The van der Waals surface area contributed by atoms with E-state index in [9.17, 15) is 0 Å². The minimum Gasteiger partial charge on any atom is -0.103 e. The van der Waals surface area contributed by atoms with Gasteiger partial charge in [-0.25, -0.2) is 0 Å². The monoisotopic (exact) mass is 502 g/mol. The van der Waals surface area contributed by atoms with Gasteiger partial charge in [0, 0.05) is 0 Å². The van der Waals surface area contributed by atoms with Crippen LogP contribution in [0.4, 0.5) is 0 Å². The van der Waals surface area contributed by atoms with Crippen LogP contribution in [0.2, 0.25) is 0 Å². The molecule has 1 unspecified atom stereocenters. The largest absolute Gasteiger partial charge is 0.103 e. The number of aryl methyl sites for hydroxylation is 1. The molecule has 0 aliphatic heterocycles. The van der Waals surface area contributed by atoms with E-state index < -0.39 is 0 Å². The summed E-state index contributed by atoms with van der Waals surface area (Å²) in [7, 11) is 0. The number of hydrogen-bond donors (Lipinski definition) is 0. The van der Waals surface area contributed by atoms with Crippen LogP contribution in [-0.2, 0) is 12.8 Å². The molecule has 0 heterocycles. The highest BCUT2D eigenvalue weighted by Gasteiger charge is 2.22. The summed E-state index contributed by atoms with van der Waals surface area (Å²) < 4.78 is 0. The summed E-state index contributed by atoms with van der Waals surface area (Å²) in [5.41, 5.74) is 7.47. The van der Waals surface area contributed by atoms with E-state index >= 15 is 0 Å². The van der Waals surface area contributed by atoms with Crippen LogP contribution in [-0.4, -0.2) is 0 Å². The van der Waals surface area contributed by atoms with Crippen molar-refractivity contribution in [2.75, 3.05) is 0 Å². The second kappa shape index (κ2) is 13.3. The Kier molecular flexibility index (Phi) is 9.34. The average Bonchev–Trinajstić information content (AvgIpc) is 3.00. The lowest BCUT2D eigenvalue weighted by molar-refractivity contribution is 0.376. The van der Waals surface area contributed by atoms with Crippen LogP contribution in [0.25, 0.3) is 0 Å². The molecule has 0 amide bonds. The zero-order chi connectivity index (χ0) is 26.2. The molecule has 0 N–H and O–H groups in total. The van der Waals surface area contributed by atoms with Crippen molar-refractivity contribution in [3.63, 3.8) is 0 Å². The third kappa shape index (κ3) is 6.96. The number of rotatable bonds is 10. The van der Waals surface area contributed by atoms with E-state index in [-0.39, 0.29) is 0 Å². The third-order valence-corrected chi connectivity index (χ3v) is 9.65. The molecule has 0 radical (unpaired) electrons. The van der Waals surface area contributed by atoms with Crippen molar-refractivity contribution in [3.8, 4) is 0 Å². The van der Waals surface area contributed by atoms with Gasteiger partial charge in [-0.15, -0.1) is 13.2 Å². The quantitative estimate of drug-likeness (QED) is 0.242. The minimum atomic E-state index is 0.541. The summed E-state index contributed by atoms with van der Waals surface area (Å²) >= 11 is 0. The molecule has 0 nitrogen and oxygen atoms in total. The minimum absolute atomic E-state index is 0.541. The Morgan fingerprint density at radius 3 is 1.53 bits per heavy atom. The first kappa shape index (κ1) is 26.7. The molecule has 2 aliphatic rings. The maximum absolute atomic E-state index is 4.01. The molecule has 2 saturated carbocycles. The van der Waals surface area contributed by atoms with Crippen molar-refractivity contribution in [1.29, 1.82) is 0 Å². The van der Waals surface area contributed by atoms with Gasteiger partial charge in [0.2, 0.25) is 0 Å². The van der Waals surface area contributed by atoms with Crippen LogP contribution < -0.4 is 0 Å². The molecule has 3 aromatic rings. The fourth-order valence-electron chi connectivity index (χ4n) is 7.00. The highest BCUT2D eigenvalue weighted by atomic mass is 14.3. The number of allylic oxidation sites excluding steroid dienone is 2. The van der Waals surface area contributed by atoms with Gasteiger partial charge in [0.05, 0.1) is 0 Å². The molecular weight excluding hydrogens is 456 g/mol. The molecule has 1 atom stereocenters. The van der Waals surface area contributed by atoms with Crippen molar-refractivity contribution < 1.29 is 0 Å². The first-order valence-corrected chi connectivity index (χ1v) is 15.2. The van der Waals surface area contributed by atoms with Gasteiger partial charge < -0.3 is 0 Å². The fourth-order valence-corrected chi connectivity index (χ4v) is 7.00. The Morgan fingerprint density at radius 2 is 1.05 bits per heavy atom. The van der Waals surface area contributed by atoms with Gasteiger partial charge in [-0.05, 0) is 128 Å². The molecule has 0 spiro atoms. The molecule has 0 aromatic heterocycles. The fraction of sp³-hybridized carbons (Fsp3) is 0.421. The maximum Gasteiger partial charge on any atom is -0.0118 e. The summed E-state index contributed by atoms with van der Waals surface area (Å²) in [5, 5.41) is 0. The van der Waals surface area contributed by atoms with Crippen molar-refractivity contribution in [2.45, 2.75) is 88.4 Å². The molecule has 0 heteroatoms. The Balaban J connectivity index is 1.20. The zero-order valence-corrected chi connectivity index (χ0v) is 23.2. The lowest BCUT2D eigenvalue weighted by atomic mass is 9.78. The van der Waals surface area contributed by atoms with Crippen LogP contribution in [0.3, 0.4) is 0 Å². The number of benzene rings is 3. The molecule has 0 bridgehead atoms. The maximum atomic E-state index is 4.01. The third-order valence-electron chi connectivity index (χ3n) is 9.65. The van der Waals surface area contributed by atoms with Crippen LogP contribution in [0.15, 0.2) is 104 Å². The van der Waals surface area contributed by atoms with E-state index in [1.165, 1.54) is 85.6 Å². The van der Waals surface area contributed by atoms with E-state index in [1.807, 2.05) is 0 Å².